The molecule has 0 bridgehead atoms. The van der Waals surface area contributed by atoms with Crippen LogP contribution in [-0.2, 0) is 14.9 Å². The van der Waals surface area contributed by atoms with Crippen LogP contribution in [0, 0.1) is 0 Å². The maximum Gasteiger partial charge on any atom is 0.137 e. The molecule has 20 heavy (non-hydrogen) atoms. The molecule has 0 spiro atoms. The lowest BCUT2D eigenvalue weighted by Crippen LogP contribution is -2.32. The summed E-state index contributed by atoms with van der Waals surface area (Å²) in [5.41, 5.74) is -0.145. The van der Waals surface area contributed by atoms with Gasteiger partial charge in [0.25, 0.3) is 0 Å². The van der Waals surface area contributed by atoms with Crippen LogP contribution in [-0.4, -0.2) is 50.5 Å². The number of hydrogen-bond acceptors (Lipinski definition) is 5. The van der Waals surface area contributed by atoms with Gasteiger partial charge >= 0.3 is 0 Å². The molecule has 1 rings (SSSR count). The van der Waals surface area contributed by atoms with Crippen molar-refractivity contribution in [3.8, 4) is 0 Å². The lowest BCUT2D eigenvalue weighted by atomic mass is 9.96. The van der Waals surface area contributed by atoms with Crippen LogP contribution in [0.4, 0.5) is 5.82 Å². The van der Waals surface area contributed by atoms with E-state index in [0.29, 0.717) is 18.4 Å². The van der Waals surface area contributed by atoms with Gasteiger partial charge < -0.3 is 14.4 Å². The van der Waals surface area contributed by atoms with Gasteiger partial charge in [0.05, 0.1) is 13.2 Å². The lowest BCUT2D eigenvalue weighted by molar-refractivity contribution is 0.190. The predicted octanol–water partition coefficient (Wildman–Crippen LogP) is 2.53. The van der Waals surface area contributed by atoms with Crippen molar-refractivity contribution in [3.63, 3.8) is 0 Å². The van der Waals surface area contributed by atoms with E-state index in [1.54, 1.807) is 20.3 Å². The molecule has 0 amide bonds. The molecule has 0 saturated carbocycles. The third kappa shape index (κ3) is 5.23. The van der Waals surface area contributed by atoms with Crippen LogP contribution < -0.4 is 4.90 Å². The highest BCUT2D eigenvalue weighted by Crippen LogP contribution is 2.23. The molecule has 1 heterocycles. The van der Waals surface area contributed by atoms with E-state index in [-0.39, 0.29) is 5.41 Å². The fourth-order valence-corrected chi connectivity index (χ4v) is 1.82. The van der Waals surface area contributed by atoms with E-state index >= 15 is 0 Å². The van der Waals surface area contributed by atoms with Crippen LogP contribution in [0.1, 0.15) is 26.6 Å². The van der Waals surface area contributed by atoms with E-state index in [4.69, 9.17) is 21.1 Å². The van der Waals surface area contributed by atoms with Gasteiger partial charge in [-0.15, -0.1) is 0 Å². The van der Waals surface area contributed by atoms with Crippen LogP contribution in [0.3, 0.4) is 0 Å². The molecule has 5 nitrogen and oxygen atoms in total. The first kappa shape index (κ1) is 17.1. The Hall–Kier alpha value is -0.910. The zero-order chi connectivity index (χ0) is 15.2. The van der Waals surface area contributed by atoms with Crippen molar-refractivity contribution in [2.24, 2.45) is 0 Å². The fourth-order valence-electron chi connectivity index (χ4n) is 1.65. The minimum absolute atomic E-state index is 0.145. The van der Waals surface area contributed by atoms with Crippen LogP contribution in [0.15, 0.2) is 6.07 Å². The Morgan fingerprint density at radius 1 is 1.10 bits per heavy atom. The van der Waals surface area contributed by atoms with E-state index in [1.807, 2.05) is 0 Å². The minimum atomic E-state index is -0.145. The van der Waals surface area contributed by atoms with E-state index in [9.17, 15) is 0 Å². The molecule has 0 radical (unpaired) electrons. The van der Waals surface area contributed by atoms with Gasteiger partial charge in [0.2, 0.25) is 0 Å². The number of nitrogens with zero attached hydrogens (tertiary/aromatic N) is 3. The number of halogens is 1. The van der Waals surface area contributed by atoms with Crippen molar-refractivity contribution >= 4 is 17.4 Å². The van der Waals surface area contributed by atoms with E-state index in [2.05, 4.69) is 35.6 Å². The first-order valence-electron chi connectivity index (χ1n) is 6.66. The summed E-state index contributed by atoms with van der Waals surface area (Å²) < 4.78 is 10.3. The fraction of sp³-hybridized carbons (Fsp3) is 0.714. The summed E-state index contributed by atoms with van der Waals surface area (Å²) >= 11 is 6.13. The summed E-state index contributed by atoms with van der Waals surface area (Å²) in [6.45, 7) is 8.91. The molecule has 114 valence electrons. The molecule has 0 N–H and O–H groups in total. The second-order valence-electron chi connectivity index (χ2n) is 5.60. The summed E-state index contributed by atoms with van der Waals surface area (Å²) in [6, 6.07) is 1.78. The Morgan fingerprint density at radius 2 is 1.65 bits per heavy atom. The molecule has 0 saturated heterocycles. The van der Waals surface area contributed by atoms with Gasteiger partial charge in [-0.2, -0.15) is 0 Å². The molecule has 0 aromatic carbocycles. The number of ether oxygens (including phenoxy) is 2. The van der Waals surface area contributed by atoms with Crippen LogP contribution in [0.5, 0.6) is 0 Å². The van der Waals surface area contributed by atoms with Crippen molar-refractivity contribution in [2.75, 3.05) is 45.4 Å². The number of hydrogen-bond donors (Lipinski definition) is 0. The third-order valence-electron chi connectivity index (χ3n) is 2.81. The number of methoxy groups -OCH3 is 2. The first-order valence-corrected chi connectivity index (χ1v) is 7.04. The molecule has 0 fully saturated rings. The summed E-state index contributed by atoms with van der Waals surface area (Å²) in [7, 11) is 3.37. The SMILES string of the molecule is COCCN(CCOC)c1cc(Cl)nc(C(C)(C)C)n1. The maximum absolute atomic E-state index is 6.13. The smallest absolute Gasteiger partial charge is 0.137 e. The van der Waals surface area contributed by atoms with Gasteiger partial charge in [0, 0.05) is 38.8 Å². The monoisotopic (exact) mass is 301 g/mol. The normalized spacial score (nSPS) is 11.7. The van der Waals surface area contributed by atoms with E-state index in [1.165, 1.54) is 0 Å². The van der Waals surface area contributed by atoms with Crippen LogP contribution in [0.2, 0.25) is 5.15 Å². The first-order chi connectivity index (χ1) is 9.38. The second kappa shape index (κ2) is 7.76. The Labute approximate surface area is 126 Å². The predicted molar refractivity (Wildman–Crippen MR) is 81.7 cm³/mol. The highest BCUT2D eigenvalue weighted by Gasteiger charge is 2.20. The molecule has 1 aromatic heterocycles. The number of aromatic nitrogens is 2. The summed E-state index contributed by atoms with van der Waals surface area (Å²) in [6.07, 6.45) is 0. The number of anilines is 1. The zero-order valence-corrected chi connectivity index (χ0v) is 13.7. The Kier molecular flexibility index (Phi) is 6.65. The Balaban J connectivity index is 3.02. The van der Waals surface area contributed by atoms with Crippen molar-refractivity contribution in [2.45, 2.75) is 26.2 Å². The second-order valence-corrected chi connectivity index (χ2v) is 5.98. The molecule has 0 unspecified atom stereocenters. The molecule has 6 heteroatoms. The highest BCUT2D eigenvalue weighted by molar-refractivity contribution is 6.29. The van der Waals surface area contributed by atoms with Gasteiger partial charge in [-0.3, -0.25) is 0 Å². The average Bonchev–Trinajstić information content (AvgIpc) is 2.37. The Bertz CT molecular complexity index is 413. The maximum atomic E-state index is 6.13. The zero-order valence-electron chi connectivity index (χ0n) is 12.9. The summed E-state index contributed by atoms with van der Waals surface area (Å²) in [5, 5.41) is 0.458. The van der Waals surface area contributed by atoms with Gasteiger partial charge in [0.15, 0.2) is 0 Å². The summed E-state index contributed by atoms with van der Waals surface area (Å²) in [4.78, 5) is 11.0. The average molecular weight is 302 g/mol. The van der Waals surface area contributed by atoms with E-state index < -0.39 is 0 Å². The molecule has 0 aliphatic rings. The molecular formula is C14H24ClN3O2. The largest absolute Gasteiger partial charge is 0.383 e. The quantitative estimate of drug-likeness (QED) is 0.724. The number of rotatable bonds is 7. The third-order valence-corrected chi connectivity index (χ3v) is 3.00. The van der Waals surface area contributed by atoms with Crippen molar-refractivity contribution in [1.82, 2.24) is 9.97 Å². The van der Waals surface area contributed by atoms with Crippen molar-refractivity contribution in [3.05, 3.63) is 17.0 Å². The van der Waals surface area contributed by atoms with Crippen LogP contribution >= 0.6 is 11.6 Å². The molecule has 0 atom stereocenters. The standard InChI is InChI=1S/C14H24ClN3O2/c1-14(2,3)13-16-11(15)10-12(17-13)18(6-8-19-4)7-9-20-5/h10H,6-9H2,1-5H3. The molecule has 1 aromatic rings. The van der Waals surface area contributed by atoms with Gasteiger partial charge in [-0.05, 0) is 0 Å². The van der Waals surface area contributed by atoms with Gasteiger partial charge in [-0.25, -0.2) is 9.97 Å². The lowest BCUT2D eigenvalue weighted by Gasteiger charge is -2.25. The molecular weight excluding hydrogens is 278 g/mol. The summed E-state index contributed by atoms with van der Waals surface area (Å²) in [5.74, 6) is 1.55. The van der Waals surface area contributed by atoms with E-state index in [0.717, 1.165) is 24.7 Å². The van der Waals surface area contributed by atoms with Crippen LogP contribution in [0.25, 0.3) is 0 Å². The van der Waals surface area contributed by atoms with Crippen molar-refractivity contribution in [1.29, 1.82) is 0 Å². The van der Waals surface area contributed by atoms with Gasteiger partial charge in [-0.1, -0.05) is 32.4 Å². The van der Waals surface area contributed by atoms with Gasteiger partial charge in [0.1, 0.15) is 16.8 Å². The minimum Gasteiger partial charge on any atom is -0.383 e. The molecule has 0 aliphatic heterocycles. The topological polar surface area (TPSA) is 47.5 Å². The highest BCUT2D eigenvalue weighted by atomic mass is 35.5. The Morgan fingerprint density at radius 3 is 2.10 bits per heavy atom. The van der Waals surface area contributed by atoms with Crippen molar-refractivity contribution < 1.29 is 9.47 Å². The molecule has 0 aliphatic carbocycles.